The van der Waals surface area contributed by atoms with Gasteiger partial charge in [-0.3, -0.25) is 9.59 Å². The first-order chi connectivity index (χ1) is 16.9. The van der Waals surface area contributed by atoms with Gasteiger partial charge in [-0.15, -0.1) is 0 Å². The third-order valence-corrected chi connectivity index (χ3v) is 5.45. The molecule has 2 aliphatic heterocycles. The number of hydrogen-bond acceptors (Lipinski definition) is 8. The van der Waals surface area contributed by atoms with E-state index < -0.39 is 17.8 Å². The fraction of sp³-hybridized carbons (Fsp3) is 0.280. The molecular formula is C25H26N4O6. The lowest BCUT2D eigenvalue weighted by atomic mass is 10.1. The Balaban J connectivity index is 1.72. The summed E-state index contributed by atoms with van der Waals surface area (Å²) in [6, 6.07) is 15.2. The third kappa shape index (κ3) is 5.56. The van der Waals surface area contributed by atoms with Crippen molar-refractivity contribution in [2.45, 2.75) is 26.1 Å². The second kappa shape index (κ2) is 10.5. The Hall–Kier alpha value is -4.02. The van der Waals surface area contributed by atoms with E-state index in [0.717, 1.165) is 0 Å². The normalized spacial score (nSPS) is 21.7. The minimum absolute atomic E-state index is 0.00233. The summed E-state index contributed by atoms with van der Waals surface area (Å²) in [6.07, 6.45) is 0.895. The molecule has 2 heterocycles. The number of carbonyl (C=O) groups excluding carboxylic acids is 3. The molecule has 2 aromatic carbocycles. The maximum atomic E-state index is 13.5. The summed E-state index contributed by atoms with van der Waals surface area (Å²) in [6.45, 7) is 4.39. The Morgan fingerprint density at radius 2 is 1.71 bits per heavy atom. The number of hydrogen-bond donors (Lipinski definition) is 1. The van der Waals surface area contributed by atoms with Crippen LogP contribution >= 0.6 is 0 Å². The van der Waals surface area contributed by atoms with Crippen molar-refractivity contribution in [1.29, 1.82) is 0 Å². The van der Waals surface area contributed by atoms with E-state index in [1.807, 2.05) is 13.8 Å². The molecule has 0 aromatic heterocycles. The number of carbonyl (C=O) groups is 3. The van der Waals surface area contributed by atoms with Crippen molar-refractivity contribution in [3.63, 3.8) is 0 Å². The highest BCUT2D eigenvalue weighted by Crippen LogP contribution is 2.25. The summed E-state index contributed by atoms with van der Waals surface area (Å²) in [5.41, 5.74) is 3.21. The number of amides is 2. The molecule has 2 amide bonds. The van der Waals surface area contributed by atoms with Crippen LogP contribution in [0.4, 0.5) is 5.69 Å². The number of ether oxygens (including phenoxy) is 2. The minimum atomic E-state index is -0.725. The fourth-order valence-corrected chi connectivity index (χ4v) is 3.86. The zero-order valence-corrected chi connectivity index (χ0v) is 19.6. The monoisotopic (exact) mass is 478 g/mol. The first-order valence-electron chi connectivity index (χ1n) is 11.1. The number of nitrogens with one attached hydrogen (secondary N) is 1. The third-order valence-electron chi connectivity index (χ3n) is 5.45. The van der Waals surface area contributed by atoms with Crippen LogP contribution in [0.15, 0.2) is 71.4 Å². The average Bonchev–Trinajstić information content (AvgIpc) is 3.23. The Labute approximate surface area is 202 Å². The van der Waals surface area contributed by atoms with Gasteiger partial charge < -0.3 is 19.2 Å². The van der Waals surface area contributed by atoms with Gasteiger partial charge in [0.05, 0.1) is 25.0 Å². The molecule has 2 atom stereocenters. The van der Waals surface area contributed by atoms with E-state index in [-0.39, 0.29) is 23.6 Å². The Morgan fingerprint density at radius 1 is 1.06 bits per heavy atom. The van der Waals surface area contributed by atoms with Crippen LogP contribution in [-0.4, -0.2) is 60.8 Å². The number of aliphatic imine (C=N–C) groups is 1. The summed E-state index contributed by atoms with van der Waals surface area (Å²) in [7, 11) is 1.55. The molecule has 0 saturated carbocycles. The number of morpholine rings is 1. The first-order valence-corrected chi connectivity index (χ1v) is 11.1. The number of rotatable bonds is 5. The molecule has 182 valence electrons. The van der Waals surface area contributed by atoms with Gasteiger partial charge in [-0.2, -0.15) is 0 Å². The van der Waals surface area contributed by atoms with Crippen molar-refractivity contribution >= 4 is 29.2 Å². The number of benzene rings is 2. The molecule has 0 aliphatic carbocycles. The molecular weight excluding hydrogens is 452 g/mol. The van der Waals surface area contributed by atoms with Crippen LogP contribution in [0.2, 0.25) is 0 Å². The van der Waals surface area contributed by atoms with Gasteiger partial charge in [0.1, 0.15) is 11.5 Å². The van der Waals surface area contributed by atoms with Crippen LogP contribution in [0.3, 0.4) is 0 Å². The lowest BCUT2D eigenvalue weighted by Crippen LogP contribution is -2.50. The van der Waals surface area contributed by atoms with Crippen LogP contribution < -0.4 is 15.3 Å². The number of methoxy groups -OCH3 is 1. The van der Waals surface area contributed by atoms with E-state index in [4.69, 9.17) is 14.3 Å². The highest BCUT2D eigenvalue weighted by Gasteiger charge is 2.33. The molecule has 10 nitrogen and oxygen atoms in total. The van der Waals surface area contributed by atoms with Gasteiger partial charge in [0.2, 0.25) is 0 Å². The molecule has 2 aliphatic rings. The standard InChI is InChI=1S/C25H26N4O6/c1-16-14-28(15-17(2)34-16)24(31)21(26-23(30)18-7-5-4-6-8-18)13-22-25(32)35-27-29(22)19-9-11-20(33-3)12-10-19/h4-13,16-17,27H,14-15H2,1-3H3/b22-13+,26-21?. The zero-order chi connectivity index (χ0) is 24.9. The minimum Gasteiger partial charge on any atom is -0.497 e. The van der Waals surface area contributed by atoms with Crippen LogP contribution in [0.25, 0.3) is 0 Å². The number of hydrazine groups is 1. The van der Waals surface area contributed by atoms with E-state index in [1.54, 1.807) is 66.6 Å². The SMILES string of the molecule is COc1ccc(N2NOC(=O)/C2=C\C(=NC(=O)c2ccccc2)C(=O)N2CC(C)OC(C)C2)cc1. The Bertz CT molecular complexity index is 1150. The van der Waals surface area contributed by atoms with E-state index in [9.17, 15) is 14.4 Å². The van der Waals surface area contributed by atoms with Gasteiger partial charge in [-0.1, -0.05) is 23.8 Å². The van der Waals surface area contributed by atoms with E-state index >= 15 is 0 Å². The van der Waals surface area contributed by atoms with E-state index in [0.29, 0.717) is 30.1 Å². The summed E-state index contributed by atoms with van der Waals surface area (Å²) in [5, 5.41) is 1.36. The molecule has 2 saturated heterocycles. The van der Waals surface area contributed by atoms with E-state index in [2.05, 4.69) is 10.6 Å². The molecule has 0 bridgehead atoms. The largest absolute Gasteiger partial charge is 0.497 e. The molecule has 1 N–H and O–H groups in total. The lowest BCUT2D eigenvalue weighted by molar-refractivity contribution is -0.140. The first kappa shape index (κ1) is 24.1. The highest BCUT2D eigenvalue weighted by molar-refractivity contribution is 6.45. The lowest BCUT2D eigenvalue weighted by Gasteiger charge is -2.35. The molecule has 0 radical (unpaired) electrons. The zero-order valence-electron chi connectivity index (χ0n) is 19.6. The van der Waals surface area contributed by atoms with Crippen molar-refractivity contribution in [2.24, 2.45) is 4.99 Å². The average molecular weight is 479 g/mol. The Morgan fingerprint density at radius 3 is 2.34 bits per heavy atom. The maximum absolute atomic E-state index is 13.5. The molecule has 10 heteroatoms. The van der Waals surface area contributed by atoms with Crippen molar-refractivity contribution in [3.05, 3.63) is 71.9 Å². The van der Waals surface area contributed by atoms with Gasteiger partial charge >= 0.3 is 5.97 Å². The van der Waals surface area contributed by atoms with Crippen LogP contribution in [0.5, 0.6) is 5.75 Å². The second-order valence-electron chi connectivity index (χ2n) is 8.18. The topological polar surface area (TPSA) is 110 Å². The van der Waals surface area contributed by atoms with Gasteiger partial charge in [0.25, 0.3) is 11.8 Å². The van der Waals surface area contributed by atoms with Crippen molar-refractivity contribution in [1.82, 2.24) is 10.5 Å². The van der Waals surface area contributed by atoms with Gasteiger partial charge in [0.15, 0.2) is 5.70 Å². The van der Waals surface area contributed by atoms with Gasteiger partial charge in [-0.05, 0) is 50.2 Å². The summed E-state index contributed by atoms with van der Waals surface area (Å²) in [5.74, 6) is -1.18. The van der Waals surface area contributed by atoms with E-state index in [1.165, 1.54) is 11.1 Å². The van der Waals surface area contributed by atoms with Crippen LogP contribution in [0, 0.1) is 0 Å². The quantitative estimate of drug-likeness (QED) is 0.515. The molecule has 2 unspecified atom stereocenters. The summed E-state index contributed by atoms with van der Waals surface area (Å²) >= 11 is 0. The molecule has 0 spiro atoms. The molecule has 35 heavy (non-hydrogen) atoms. The van der Waals surface area contributed by atoms with Gasteiger partial charge in [-0.25, -0.2) is 14.8 Å². The van der Waals surface area contributed by atoms with Crippen LogP contribution in [-0.2, 0) is 19.2 Å². The Kier molecular flexibility index (Phi) is 7.23. The molecule has 4 rings (SSSR count). The predicted octanol–water partition coefficient (Wildman–Crippen LogP) is 2.28. The number of anilines is 1. The predicted molar refractivity (Wildman–Crippen MR) is 128 cm³/mol. The highest BCUT2D eigenvalue weighted by atomic mass is 16.7. The fourth-order valence-electron chi connectivity index (χ4n) is 3.86. The van der Waals surface area contributed by atoms with Crippen molar-refractivity contribution in [3.8, 4) is 5.75 Å². The summed E-state index contributed by atoms with van der Waals surface area (Å²) < 4.78 is 10.9. The second-order valence-corrected chi connectivity index (χ2v) is 8.18. The number of nitrogens with zero attached hydrogens (tertiary/aromatic N) is 3. The molecule has 2 fully saturated rings. The maximum Gasteiger partial charge on any atom is 0.376 e. The molecule has 2 aromatic rings. The summed E-state index contributed by atoms with van der Waals surface area (Å²) in [4.78, 5) is 49.6. The van der Waals surface area contributed by atoms with Gasteiger partial charge in [0, 0.05) is 24.7 Å². The van der Waals surface area contributed by atoms with Crippen molar-refractivity contribution in [2.75, 3.05) is 25.2 Å². The smallest absolute Gasteiger partial charge is 0.376 e. The van der Waals surface area contributed by atoms with Crippen molar-refractivity contribution < 1.29 is 28.7 Å². The van der Waals surface area contributed by atoms with Crippen LogP contribution in [0.1, 0.15) is 24.2 Å².